The van der Waals surface area contributed by atoms with Crippen molar-refractivity contribution in [3.63, 3.8) is 0 Å². The zero-order valence-electron chi connectivity index (χ0n) is 8.31. The quantitative estimate of drug-likeness (QED) is 0.528. The van der Waals surface area contributed by atoms with E-state index in [1.54, 1.807) is 6.20 Å². The molecule has 1 aromatic carbocycles. The minimum atomic E-state index is 0.403. The molecule has 0 spiro atoms. The van der Waals surface area contributed by atoms with Crippen LogP contribution in [0.2, 0.25) is 0 Å². The van der Waals surface area contributed by atoms with Gasteiger partial charge >= 0.3 is 0 Å². The highest BCUT2D eigenvalue weighted by molar-refractivity contribution is 14.1. The highest BCUT2D eigenvalue weighted by atomic mass is 127. The van der Waals surface area contributed by atoms with Crippen LogP contribution in [0.5, 0.6) is 0 Å². The fourth-order valence-electron chi connectivity index (χ4n) is 0.952. The van der Waals surface area contributed by atoms with Crippen molar-refractivity contribution in [3.8, 4) is 12.1 Å². The van der Waals surface area contributed by atoms with Crippen LogP contribution in [0.1, 0.15) is 0 Å². The van der Waals surface area contributed by atoms with Gasteiger partial charge in [-0.05, 0) is 52.9 Å². The van der Waals surface area contributed by atoms with Crippen LogP contribution in [0, 0.1) is 26.2 Å². The van der Waals surface area contributed by atoms with E-state index in [2.05, 4.69) is 27.9 Å². The van der Waals surface area contributed by atoms with Gasteiger partial charge in [-0.25, -0.2) is 0 Å². The fourth-order valence-corrected chi connectivity index (χ4v) is 1.31. The van der Waals surface area contributed by atoms with Crippen molar-refractivity contribution in [2.24, 2.45) is 0 Å². The van der Waals surface area contributed by atoms with Crippen LogP contribution in [-0.4, -0.2) is 0 Å². The fraction of sp³-hybridized carbons (Fsp3) is 0. The van der Waals surface area contributed by atoms with E-state index in [1.807, 2.05) is 36.4 Å². The molecule has 4 heteroatoms. The summed E-state index contributed by atoms with van der Waals surface area (Å²) < 4.78 is 1.15. The Morgan fingerprint density at radius 2 is 1.94 bits per heavy atom. The summed E-state index contributed by atoms with van der Waals surface area (Å²) in [6.07, 6.45) is 4.29. The maximum absolute atomic E-state index is 8.75. The molecule has 1 rings (SSSR count). The molecule has 0 aliphatic heterocycles. The lowest BCUT2D eigenvalue weighted by Crippen LogP contribution is -1.89. The topological polar surface area (TPSA) is 59.6 Å². The first-order valence-corrected chi connectivity index (χ1v) is 5.52. The molecule has 0 radical (unpaired) electrons. The van der Waals surface area contributed by atoms with Crippen molar-refractivity contribution in [3.05, 3.63) is 51.8 Å². The average Bonchev–Trinajstić information content (AvgIpc) is 2.32. The summed E-state index contributed by atoms with van der Waals surface area (Å²) in [6, 6.07) is 11.6. The number of nitrogens with one attached hydrogen (secondary N) is 1. The third kappa shape index (κ3) is 4.16. The highest BCUT2D eigenvalue weighted by Crippen LogP contribution is 2.11. The van der Waals surface area contributed by atoms with Crippen LogP contribution in [0.25, 0.3) is 0 Å². The maximum atomic E-state index is 8.75. The molecule has 0 aromatic heterocycles. The zero-order valence-corrected chi connectivity index (χ0v) is 10.5. The number of hydrogen-bond donors (Lipinski definition) is 1. The molecule has 78 valence electrons. The Labute approximate surface area is 108 Å². The van der Waals surface area contributed by atoms with Crippen molar-refractivity contribution in [1.82, 2.24) is 0 Å². The minimum absolute atomic E-state index is 0.403. The van der Waals surface area contributed by atoms with Crippen molar-refractivity contribution >= 4 is 28.3 Å². The monoisotopic (exact) mass is 321 g/mol. The number of anilines is 1. The number of nitriles is 2. The van der Waals surface area contributed by atoms with Crippen molar-refractivity contribution in [1.29, 1.82) is 10.5 Å². The first kappa shape index (κ1) is 12.3. The number of benzene rings is 1. The van der Waals surface area contributed by atoms with Crippen molar-refractivity contribution in [2.75, 3.05) is 5.32 Å². The molecule has 1 aromatic rings. The Bertz CT molecular complexity index is 486. The van der Waals surface area contributed by atoms with E-state index >= 15 is 0 Å². The summed E-state index contributed by atoms with van der Waals surface area (Å²) in [6.45, 7) is 0. The Morgan fingerprint density at radius 1 is 1.25 bits per heavy atom. The number of rotatable bonds is 3. The van der Waals surface area contributed by atoms with E-state index in [9.17, 15) is 0 Å². The Hall–Kier alpha value is -1.79. The van der Waals surface area contributed by atoms with Crippen LogP contribution in [0.4, 0.5) is 5.69 Å². The van der Waals surface area contributed by atoms with Gasteiger partial charge in [0.05, 0.1) is 11.6 Å². The first-order valence-electron chi connectivity index (χ1n) is 4.45. The Morgan fingerprint density at radius 3 is 2.50 bits per heavy atom. The average molecular weight is 321 g/mol. The van der Waals surface area contributed by atoms with Crippen LogP contribution in [-0.2, 0) is 0 Å². The summed E-state index contributed by atoms with van der Waals surface area (Å²) in [5.41, 5.74) is 1.30. The molecule has 0 amide bonds. The predicted octanol–water partition coefficient (Wildman–Crippen LogP) is 3.19. The van der Waals surface area contributed by atoms with Gasteiger partial charge in [-0.2, -0.15) is 10.5 Å². The van der Waals surface area contributed by atoms with Gasteiger partial charge in [-0.15, -0.1) is 0 Å². The molecule has 1 N–H and O–H groups in total. The molecule has 0 heterocycles. The predicted molar refractivity (Wildman–Crippen MR) is 71.2 cm³/mol. The minimum Gasteiger partial charge on any atom is -0.360 e. The number of allylic oxidation sites excluding steroid dienone is 3. The van der Waals surface area contributed by atoms with Crippen LogP contribution < -0.4 is 5.32 Å². The molecule has 0 fully saturated rings. The van der Waals surface area contributed by atoms with Gasteiger partial charge in [-0.1, -0.05) is 0 Å². The van der Waals surface area contributed by atoms with E-state index in [0.717, 1.165) is 9.26 Å². The Kier molecular flexibility index (Phi) is 5.10. The van der Waals surface area contributed by atoms with E-state index in [0.29, 0.717) is 5.57 Å². The third-order valence-electron chi connectivity index (χ3n) is 1.71. The molecule has 0 atom stereocenters. The smallest absolute Gasteiger partial charge is 0.101 e. The van der Waals surface area contributed by atoms with Crippen LogP contribution in [0.3, 0.4) is 0 Å². The molecular formula is C12H8IN3. The van der Waals surface area contributed by atoms with Gasteiger partial charge < -0.3 is 5.32 Å². The summed E-state index contributed by atoms with van der Waals surface area (Å²) >= 11 is 2.22. The first-order chi connectivity index (χ1) is 7.76. The normalized spacial score (nSPS) is 10.8. The highest BCUT2D eigenvalue weighted by Gasteiger charge is 1.91. The van der Waals surface area contributed by atoms with E-state index in [1.165, 1.54) is 12.2 Å². The number of halogens is 1. The SMILES string of the molecule is N#CC=CC(C#N)=CNc1ccc(I)cc1. The number of hydrogen-bond acceptors (Lipinski definition) is 3. The van der Waals surface area contributed by atoms with Crippen LogP contribution in [0.15, 0.2) is 48.2 Å². The second-order valence-corrected chi connectivity index (χ2v) is 4.07. The molecule has 0 aliphatic rings. The summed E-state index contributed by atoms with van der Waals surface area (Å²) in [7, 11) is 0. The Balaban J connectivity index is 2.72. The second kappa shape index (κ2) is 6.65. The van der Waals surface area contributed by atoms with Gasteiger partial charge in [0.25, 0.3) is 0 Å². The summed E-state index contributed by atoms with van der Waals surface area (Å²) in [5.74, 6) is 0. The van der Waals surface area contributed by atoms with Crippen molar-refractivity contribution < 1.29 is 0 Å². The standard InChI is InChI=1S/C12H8IN3/c13-11-3-5-12(6-4-11)16-9-10(8-15)2-1-7-14/h1-6,9,16H. The summed E-state index contributed by atoms with van der Waals surface area (Å²) in [4.78, 5) is 0. The molecule has 0 saturated heterocycles. The number of nitrogens with zero attached hydrogens (tertiary/aromatic N) is 2. The van der Waals surface area contributed by atoms with Gasteiger partial charge in [0.2, 0.25) is 0 Å². The maximum Gasteiger partial charge on any atom is 0.101 e. The zero-order chi connectivity index (χ0) is 11.8. The molecule has 0 aliphatic carbocycles. The lowest BCUT2D eigenvalue weighted by Gasteiger charge is -2.00. The molecule has 0 bridgehead atoms. The van der Waals surface area contributed by atoms with E-state index < -0.39 is 0 Å². The van der Waals surface area contributed by atoms with Gasteiger partial charge in [0.15, 0.2) is 0 Å². The van der Waals surface area contributed by atoms with Gasteiger partial charge in [-0.3, -0.25) is 0 Å². The lowest BCUT2D eigenvalue weighted by molar-refractivity contribution is 1.47. The lowest BCUT2D eigenvalue weighted by atomic mass is 10.3. The van der Waals surface area contributed by atoms with Gasteiger partial charge in [0.1, 0.15) is 6.07 Å². The van der Waals surface area contributed by atoms with Crippen molar-refractivity contribution in [2.45, 2.75) is 0 Å². The largest absolute Gasteiger partial charge is 0.360 e. The van der Waals surface area contributed by atoms with E-state index in [-0.39, 0.29) is 0 Å². The second-order valence-electron chi connectivity index (χ2n) is 2.83. The molecular weight excluding hydrogens is 313 g/mol. The molecule has 0 unspecified atom stereocenters. The molecule has 16 heavy (non-hydrogen) atoms. The molecule has 0 saturated carbocycles. The van der Waals surface area contributed by atoms with Gasteiger partial charge in [0, 0.05) is 21.5 Å². The van der Waals surface area contributed by atoms with E-state index in [4.69, 9.17) is 10.5 Å². The third-order valence-corrected chi connectivity index (χ3v) is 2.42. The summed E-state index contributed by atoms with van der Waals surface area (Å²) in [5, 5.41) is 20.1. The van der Waals surface area contributed by atoms with Crippen LogP contribution >= 0.6 is 22.6 Å². The molecule has 3 nitrogen and oxygen atoms in total.